The molecule has 0 spiro atoms. The summed E-state index contributed by atoms with van der Waals surface area (Å²) in [5.41, 5.74) is 6.68. The van der Waals surface area contributed by atoms with Crippen LogP contribution >= 0.6 is 0 Å². The van der Waals surface area contributed by atoms with Gasteiger partial charge in [0.2, 0.25) is 5.91 Å². The van der Waals surface area contributed by atoms with E-state index in [2.05, 4.69) is 0 Å². The zero-order valence-electron chi connectivity index (χ0n) is 13.0. The van der Waals surface area contributed by atoms with E-state index in [9.17, 15) is 9.59 Å². The standard InChI is InChI=1S/C17H25N3O2/c18-8-3-1-2-6-16(21)19-10-13-9-14(12-19)15-5-4-7-17(22)20(15)11-13/h4-5,7,13-14H,1-3,6,8-12,18H2/t13-,14-/m0/s1. The third-order valence-electron chi connectivity index (χ3n) is 4.93. The summed E-state index contributed by atoms with van der Waals surface area (Å²) in [4.78, 5) is 26.4. The first kappa shape index (κ1) is 15.3. The number of aromatic nitrogens is 1. The Morgan fingerprint density at radius 2 is 2.05 bits per heavy atom. The Morgan fingerprint density at radius 1 is 1.18 bits per heavy atom. The molecule has 0 aliphatic carbocycles. The average molecular weight is 303 g/mol. The van der Waals surface area contributed by atoms with Crippen molar-refractivity contribution >= 4 is 5.91 Å². The summed E-state index contributed by atoms with van der Waals surface area (Å²) in [7, 11) is 0. The monoisotopic (exact) mass is 303 g/mol. The molecule has 1 aromatic rings. The predicted octanol–water partition coefficient (Wildman–Crippen LogP) is 1.31. The first-order valence-electron chi connectivity index (χ1n) is 8.36. The average Bonchev–Trinajstić information content (AvgIpc) is 2.52. The molecule has 2 N–H and O–H groups in total. The van der Waals surface area contributed by atoms with E-state index >= 15 is 0 Å². The van der Waals surface area contributed by atoms with E-state index in [1.54, 1.807) is 6.07 Å². The molecule has 0 aromatic carbocycles. The van der Waals surface area contributed by atoms with Crippen LogP contribution < -0.4 is 11.3 Å². The van der Waals surface area contributed by atoms with E-state index in [0.717, 1.165) is 51.0 Å². The smallest absolute Gasteiger partial charge is 0.250 e. The SMILES string of the molecule is NCCCCCC(=O)N1C[C@@H]2C[C@@H](C1)c1cccc(=O)n1C2. The number of nitrogens with zero attached hydrogens (tertiary/aromatic N) is 2. The van der Waals surface area contributed by atoms with Gasteiger partial charge in [0.15, 0.2) is 0 Å². The summed E-state index contributed by atoms with van der Waals surface area (Å²) >= 11 is 0. The Kier molecular flexibility index (Phi) is 4.62. The maximum Gasteiger partial charge on any atom is 0.250 e. The minimum Gasteiger partial charge on any atom is -0.342 e. The molecule has 2 aliphatic heterocycles. The van der Waals surface area contributed by atoms with Crippen molar-refractivity contribution in [3.05, 3.63) is 34.2 Å². The fraction of sp³-hybridized carbons (Fsp3) is 0.647. The van der Waals surface area contributed by atoms with Crippen molar-refractivity contribution in [2.45, 2.75) is 44.6 Å². The molecular formula is C17H25N3O2. The third kappa shape index (κ3) is 3.09. The summed E-state index contributed by atoms with van der Waals surface area (Å²) in [5, 5.41) is 0. The van der Waals surface area contributed by atoms with Crippen molar-refractivity contribution in [2.24, 2.45) is 11.7 Å². The fourth-order valence-corrected chi connectivity index (χ4v) is 3.86. The summed E-state index contributed by atoms with van der Waals surface area (Å²) in [6, 6.07) is 5.50. The number of nitrogens with two attached hydrogens (primary N) is 1. The predicted molar refractivity (Wildman–Crippen MR) is 85.7 cm³/mol. The quantitative estimate of drug-likeness (QED) is 0.834. The molecule has 3 heterocycles. The highest BCUT2D eigenvalue weighted by Gasteiger charge is 2.35. The largest absolute Gasteiger partial charge is 0.342 e. The van der Waals surface area contributed by atoms with Crippen LogP contribution in [-0.2, 0) is 11.3 Å². The van der Waals surface area contributed by atoms with Crippen LogP contribution in [0.25, 0.3) is 0 Å². The van der Waals surface area contributed by atoms with Gasteiger partial charge < -0.3 is 15.2 Å². The number of rotatable bonds is 5. The maximum atomic E-state index is 12.4. The van der Waals surface area contributed by atoms with Gasteiger partial charge in [0, 0.05) is 43.7 Å². The van der Waals surface area contributed by atoms with Gasteiger partial charge in [0.05, 0.1) is 0 Å². The van der Waals surface area contributed by atoms with Crippen LogP contribution in [-0.4, -0.2) is 35.0 Å². The lowest BCUT2D eigenvalue weighted by atomic mass is 9.83. The van der Waals surface area contributed by atoms with Gasteiger partial charge in [-0.1, -0.05) is 12.5 Å². The number of piperidine rings is 1. The van der Waals surface area contributed by atoms with Gasteiger partial charge in [0.1, 0.15) is 0 Å². The molecule has 2 aliphatic rings. The summed E-state index contributed by atoms with van der Waals surface area (Å²) in [5.74, 6) is 0.993. The minimum atomic E-state index is 0.0914. The zero-order valence-corrected chi connectivity index (χ0v) is 13.0. The van der Waals surface area contributed by atoms with E-state index in [1.807, 2.05) is 21.6 Å². The summed E-state index contributed by atoms with van der Waals surface area (Å²) in [6.07, 6.45) is 4.68. The lowest BCUT2D eigenvalue weighted by molar-refractivity contribution is -0.134. The molecule has 0 unspecified atom stereocenters. The highest BCUT2D eigenvalue weighted by Crippen LogP contribution is 2.35. The highest BCUT2D eigenvalue weighted by molar-refractivity contribution is 5.76. The number of amides is 1. The summed E-state index contributed by atoms with van der Waals surface area (Å²) < 4.78 is 1.90. The molecular weight excluding hydrogens is 278 g/mol. The van der Waals surface area contributed by atoms with Gasteiger partial charge in [-0.15, -0.1) is 0 Å². The van der Waals surface area contributed by atoms with Gasteiger partial charge >= 0.3 is 0 Å². The number of likely N-dealkylation sites (tertiary alicyclic amines) is 1. The van der Waals surface area contributed by atoms with E-state index in [-0.39, 0.29) is 11.5 Å². The Hall–Kier alpha value is -1.62. The van der Waals surface area contributed by atoms with Crippen molar-refractivity contribution in [3.63, 3.8) is 0 Å². The number of hydrogen-bond acceptors (Lipinski definition) is 3. The van der Waals surface area contributed by atoms with Crippen molar-refractivity contribution in [1.82, 2.24) is 9.47 Å². The molecule has 5 heteroatoms. The molecule has 0 saturated carbocycles. The van der Waals surface area contributed by atoms with Gasteiger partial charge in [-0.25, -0.2) is 0 Å². The van der Waals surface area contributed by atoms with Crippen molar-refractivity contribution in [3.8, 4) is 0 Å². The van der Waals surface area contributed by atoms with E-state index in [4.69, 9.17) is 5.73 Å². The molecule has 5 nitrogen and oxygen atoms in total. The van der Waals surface area contributed by atoms with E-state index in [1.165, 1.54) is 0 Å². The topological polar surface area (TPSA) is 68.3 Å². The molecule has 1 saturated heterocycles. The number of carbonyl (C=O) groups excluding carboxylic acids is 1. The molecule has 1 fully saturated rings. The lowest BCUT2D eigenvalue weighted by Gasteiger charge is -2.42. The molecule has 2 bridgehead atoms. The molecule has 0 radical (unpaired) electrons. The zero-order chi connectivity index (χ0) is 15.5. The van der Waals surface area contributed by atoms with E-state index in [0.29, 0.717) is 24.8 Å². The fourth-order valence-electron chi connectivity index (χ4n) is 3.86. The van der Waals surface area contributed by atoms with Crippen LogP contribution in [0.5, 0.6) is 0 Å². The number of carbonyl (C=O) groups is 1. The maximum absolute atomic E-state index is 12.4. The first-order chi connectivity index (χ1) is 10.7. The molecule has 2 atom stereocenters. The van der Waals surface area contributed by atoms with Gasteiger partial charge in [-0.2, -0.15) is 0 Å². The van der Waals surface area contributed by atoms with Crippen molar-refractivity contribution in [2.75, 3.05) is 19.6 Å². The van der Waals surface area contributed by atoms with Gasteiger partial charge in [-0.05, 0) is 37.8 Å². The van der Waals surface area contributed by atoms with Crippen LogP contribution in [0.4, 0.5) is 0 Å². The second-order valence-corrected chi connectivity index (χ2v) is 6.60. The Labute approximate surface area is 131 Å². The van der Waals surface area contributed by atoms with Crippen LogP contribution in [0.2, 0.25) is 0 Å². The number of unbranched alkanes of at least 4 members (excludes halogenated alkanes) is 2. The van der Waals surface area contributed by atoms with Crippen LogP contribution in [0.3, 0.4) is 0 Å². The Morgan fingerprint density at radius 3 is 2.86 bits per heavy atom. The third-order valence-corrected chi connectivity index (χ3v) is 4.93. The Balaban J connectivity index is 1.66. The summed E-state index contributed by atoms with van der Waals surface area (Å²) in [6.45, 7) is 3.01. The molecule has 1 aromatic heterocycles. The molecule has 22 heavy (non-hydrogen) atoms. The van der Waals surface area contributed by atoms with Crippen molar-refractivity contribution < 1.29 is 4.79 Å². The van der Waals surface area contributed by atoms with Gasteiger partial charge in [0.25, 0.3) is 5.56 Å². The van der Waals surface area contributed by atoms with Crippen LogP contribution in [0.1, 0.15) is 43.7 Å². The molecule has 1 amide bonds. The Bertz CT molecular complexity index is 596. The second-order valence-electron chi connectivity index (χ2n) is 6.60. The lowest BCUT2D eigenvalue weighted by Crippen LogP contribution is -2.49. The molecule has 120 valence electrons. The number of fused-ring (bicyclic) bond motifs is 4. The van der Waals surface area contributed by atoms with Crippen LogP contribution in [0, 0.1) is 5.92 Å². The van der Waals surface area contributed by atoms with Gasteiger partial charge in [-0.3, -0.25) is 9.59 Å². The minimum absolute atomic E-state index is 0.0914. The molecule has 3 rings (SSSR count). The normalized spacial score (nSPS) is 23.2. The van der Waals surface area contributed by atoms with Crippen LogP contribution in [0.15, 0.2) is 23.0 Å². The number of pyridine rings is 1. The number of hydrogen-bond donors (Lipinski definition) is 1. The first-order valence-corrected chi connectivity index (χ1v) is 8.36. The van der Waals surface area contributed by atoms with Crippen molar-refractivity contribution in [1.29, 1.82) is 0 Å². The van der Waals surface area contributed by atoms with E-state index < -0.39 is 0 Å². The highest BCUT2D eigenvalue weighted by atomic mass is 16.2. The second kappa shape index (κ2) is 6.65.